The minimum absolute atomic E-state index is 0.846. The SMILES string of the molecule is CN(CCc1ccc(N)cc1)C1CCC1. The highest BCUT2D eigenvalue weighted by Crippen LogP contribution is 2.23. The van der Waals surface area contributed by atoms with E-state index >= 15 is 0 Å². The van der Waals surface area contributed by atoms with Gasteiger partial charge in [0.05, 0.1) is 0 Å². The lowest BCUT2D eigenvalue weighted by atomic mass is 9.91. The van der Waals surface area contributed by atoms with Crippen LogP contribution in [0.4, 0.5) is 5.69 Å². The Morgan fingerprint density at radius 1 is 1.27 bits per heavy atom. The molecule has 0 saturated heterocycles. The van der Waals surface area contributed by atoms with Gasteiger partial charge in [-0.25, -0.2) is 0 Å². The summed E-state index contributed by atoms with van der Waals surface area (Å²) in [6, 6.07) is 9.07. The summed E-state index contributed by atoms with van der Waals surface area (Å²) in [5.74, 6) is 0. The van der Waals surface area contributed by atoms with Crippen LogP contribution in [0.15, 0.2) is 24.3 Å². The third-order valence-corrected chi connectivity index (χ3v) is 3.43. The van der Waals surface area contributed by atoms with Crippen LogP contribution in [0, 0.1) is 0 Å². The fourth-order valence-electron chi connectivity index (χ4n) is 2.00. The largest absolute Gasteiger partial charge is 0.399 e. The standard InChI is InChI=1S/C13H20N2/c1-15(13-3-2-4-13)10-9-11-5-7-12(14)8-6-11/h5-8,13H,2-4,9-10,14H2,1H3. The fourth-order valence-corrected chi connectivity index (χ4v) is 2.00. The summed E-state index contributed by atoms with van der Waals surface area (Å²) >= 11 is 0. The van der Waals surface area contributed by atoms with Gasteiger partial charge in [-0.3, -0.25) is 0 Å². The zero-order valence-electron chi connectivity index (χ0n) is 9.45. The molecule has 1 fully saturated rings. The molecule has 0 unspecified atom stereocenters. The van der Waals surface area contributed by atoms with Crippen molar-refractivity contribution < 1.29 is 0 Å². The second-order valence-electron chi connectivity index (χ2n) is 4.56. The molecular weight excluding hydrogens is 184 g/mol. The topological polar surface area (TPSA) is 29.3 Å². The van der Waals surface area contributed by atoms with Crippen molar-refractivity contribution in [2.24, 2.45) is 0 Å². The second-order valence-corrected chi connectivity index (χ2v) is 4.56. The Balaban J connectivity index is 1.79. The summed E-state index contributed by atoms with van der Waals surface area (Å²) in [7, 11) is 2.24. The third-order valence-electron chi connectivity index (χ3n) is 3.43. The van der Waals surface area contributed by atoms with Gasteiger partial charge in [-0.1, -0.05) is 18.6 Å². The van der Waals surface area contributed by atoms with E-state index in [1.807, 2.05) is 12.1 Å². The van der Waals surface area contributed by atoms with E-state index in [0.717, 1.165) is 24.7 Å². The van der Waals surface area contributed by atoms with E-state index < -0.39 is 0 Å². The van der Waals surface area contributed by atoms with E-state index in [1.165, 1.54) is 24.8 Å². The van der Waals surface area contributed by atoms with Gasteiger partial charge in [0.15, 0.2) is 0 Å². The van der Waals surface area contributed by atoms with Gasteiger partial charge in [-0.15, -0.1) is 0 Å². The maximum Gasteiger partial charge on any atom is 0.0314 e. The molecule has 0 radical (unpaired) electrons. The highest BCUT2D eigenvalue weighted by molar-refractivity contribution is 5.39. The van der Waals surface area contributed by atoms with Crippen LogP contribution in [-0.4, -0.2) is 24.5 Å². The van der Waals surface area contributed by atoms with Crippen molar-refractivity contribution in [2.75, 3.05) is 19.3 Å². The fraction of sp³-hybridized carbons (Fsp3) is 0.538. The van der Waals surface area contributed by atoms with E-state index in [1.54, 1.807) is 0 Å². The zero-order chi connectivity index (χ0) is 10.7. The molecule has 1 aromatic carbocycles. The molecule has 1 saturated carbocycles. The molecule has 15 heavy (non-hydrogen) atoms. The predicted molar refractivity (Wildman–Crippen MR) is 64.8 cm³/mol. The third kappa shape index (κ3) is 2.72. The molecule has 0 amide bonds. The Hall–Kier alpha value is -1.02. The minimum atomic E-state index is 0.846. The van der Waals surface area contributed by atoms with Gasteiger partial charge in [0.1, 0.15) is 0 Å². The highest BCUT2D eigenvalue weighted by atomic mass is 15.1. The van der Waals surface area contributed by atoms with Crippen molar-refractivity contribution in [3.05, 3.63) is 29.8 Å². The van der Waals surface area contributed by atoms with E-state index in [0.29, 0.717) is 0 Å². The molecule has 0 heterocycles. The van der Waals surface area contributed by atoms with Crippen LogP contribution >= 0.6 is 0 Å². The van der Waals surface area contributed by atoms with E-state index in [9.17, 15) is 0 Å². The lowest BCUT2D eigenvalue weighted by Gasteiger charge is -2.34. The molecule has 2 nitrogen and oxygen atoms in total. The molecule has 0 spiro atoms. The monoisotopic (exact) mass is 204 g/mol. The number of nitrogen functional groups attached to an aromatic ring is 1. The number of anilines is 1. The molecular formula is C13H20N2. The van der Waals surface area contributed by atoms with Crippen LogP contribution in [-0.2, 0) is 6.42 Å². The normalized spacial score (nSPS) is 16.7. The number of hydrogen-bond acceptors (Lipinski definition) is 2. The molecule has 1 aromatic rings. The smallest absolute Gasteiger partial charge is 0.0314 e. The molecule has 2 heteroatoms. The molecule has 1 aliphatic rings. The summed E-state index contributed by atoms with van der Waals surface area (Å²) in [6.07, 6.45) is 5.32. The van der Waals surface area contributed by atoms with Gasteiger partial charge >= 0.3 is 0 Å². The second kappa shape index (κ2) is 4.67. The van der Waals surface area contributed by atoms with Crippen molar-refractivity contribution in [3.8, 4) is 0 Å². The predicted octanol–water partition coefficient (Wildman–Crippen LogP) is 2.30. The molecule has 0 bridgehead atoms. The molecule has 2 N–H and O–H groups in total. The summed E-state index contributed by atoms with van der Waals surface area (Å²) in [5.41, 5.74) is 7.89. The minimum Gasteiger partial charge on any atom is -0.399 e. The Labute approximate surface area is 92.1 Å². The average molecular weight is 204 g/mol. The van der Waals surface area contributed by atoms with Crippen LogP contribution in [0.3, 0.4) is 0 Å². The first kappa shape index (κ1) is 10.5. The molecule has 0 aromatic heterocycles. The number of rotatable bonds is 4. The average Bonchev–Trinajstić information content (AvgIpc) is 2.14. The Morgan fingerprint density at radius 2 is 1.93 bits per heavy atom. The Kier molecular flexibility index (Phi) is 3.27. The van der Waals surface area contributed by atoms with E-state index in [2.05, 4.69) is 24.1 Å². The highest BCUT2D eigenvalue weighted by Gasteiger charge is 2.21. The van der Waals surface area contributed by atoms with Crippen molar-refractivity contribution in [2.45, 2.75) is 31.7 Å². The number of hydrogen-bond donors (Lipinski definition) is 1. The lowest BCUT2D eigenvalue weighted by Crippen LogP contribution is -2.38. The first-order valence-electron chi connectivity index (χ1n) is 5.80. The summed E-state index contributed by atoms with van der Waals surface area (Å²) in [5, 5.41) is 0. The zero-order valence-corrected chi connectivity index (χ0v) is 9.45. The van der Waals surface area contributed by atoms with Crippen molar-refractivity contribution in [1.29, 1.82) is 0 Å². The van der Waals surface area contributed by atoms with Gasteiger partial charge in [0.25, 0.3) is 0 Å². The summed E-state index contributed by atoms with van der Waals surface area (Å²) in [4.78, 5) is 2.49. The first-order chi connectivity index (χ1) is 7.25. The quantitative estimate of drug-likeness (QED) is 0.762. The van der Waals surface area contributed by atoms with Crippen molar-refractivity contribution in [1.82, 2.24) is 4.90 Å². The van der Waals surface area contributed by atoms with Gasteiger partial charge in [-0.05, 0) is 44.0 Å². The van der Waals surface area contributed by atoms with Crippen molar-refractivity contribution >= 4 is 5.69 Å². The number of benzene rings is 1. The molecule has 1 aliphatic carbocycles. The van der Waals surface area contributed by atoms with Crippen LogP contribution in [0.25, 0.3) is 0 Å². The Morgan fingerprint density at radius 3 is 2.47 bits per heavy atom. The van der Waals surface area contributed by atoms with Crippen LogP contribution in [0.5, 0.6) is 0 Å². The van der Waals surface area contributed by atoms with Crippen molar-refractivity contribution in [3.63, 3.8) is 0 Å². The molecule has 0 aliphatic heterocycles. The van der Waals surface area contributed by atoms with Gasteiger partial charge in [-0.2, -0.15) is 0 Å². The van der Waals surface area contributed by atoms with Crippen LogP contribution < -0.4 is 5.73 Å². The molecule has 0 atom stereocenters. The van der Waals surface area contributed by atoms with Gasteiger partial charge in [0.2, 0.25) is 0 Å². The van der Waals surface area contributed by atoms with E-state index in [-0.39, 0.29) is 0 Å². The molecule has 82 valence electrons. The maximum atomic E-state index is 5.65. The summed E-state index contributed by atoms with van der Waals surface area (Å²) in [6.45, 7) is 1.16. The van der Waals surface area contributed by atoms with Gasteiger partial charge < -0.3 is 10.6 Å². The lowest BCUT2D eigenvalue weighted by molar-refractivity contribution is 0.161. The number of nitrogens with two attached hydrogens (primary N) is 1. The van der Waals surface area contributed by atoms with Gasteiger partial charge in [0, 0.05) is 18.3 Å². The maximum absolute atomic E-state index is 5.65. The number of likely N-dealkylation sites (N-methyl/N-ethyl adjacent to an activating group) is 1. The van der Waals surface area contributed by atoms with Crippen LogP contribution in [0.2, 0.25) is 0 Å². The first-order valence-corrected chi connectivity index (χ1v) is 5.80. The van der Waals surface area contributed by atoms with E-state index in [4.69, 9.17) is 5.73 Å². The summed E-state index contributed by atoms with van der Waals surface area (Å²) < 4.78 is 0. The van der Waals surface area contributed by atoms with Crippen LogP contribution in [0.1, 0.15) is 24.8 Å². The molecule has 2 rings (SSSR count). The number of nitrogens with zero attached hydrogens (tertiary/aromatic N) is 1. The Bertz CT molecular complexity index is 301.